The molecule has 1 N–H and O–H groups in total. The van der Waals surface area contributed by atoms with Crippen LogP contribution in [-0.2, 0) is 6.42 Å². The second-order valence-corrected chi connectivity index (χ2v) is 7.71. The number of rotatable bonds is 3. The third-order valence-electron chi connectivity index (χ3n) is 5.71. The van der Waals surface area contributed by atoms with Crippen LogP contribution in [0.3, 0.4) is 0 Å². The molecule has 146 valence electrons. The number of pyridine rings is 1. The van der Waals surface area contributed by atoms with Crippen molar-refractivity contribution in [3.8, 4) is 0 Å². The second-order valence-electron chi connectivity index (χ2n) is 7.71. The monoisotopic (exact) mass is 389 g/mol. The summed E-state index contributed by atoms with van der Waals surface area (Å²) in [5, 5.41) is 12.9. The molecule has 0 radical (unpaired) electrons. The number of nitrogens with one attached hydrogen (secondary N) is 1. The zero-order valence-electron chi connectivity index (χ0n) is 15.9. The van der Waals surface area contributed by atoms with Crippen molar-refractivity contribution in [1.29, 1.82) is 0 Å². The third-order valence-corrected chi connectivity index (χ3v) is 5.71. The van der Waals surface area contributed by atoms with Crippen LogP contribution in [0.5, 0.6) is 0 Å². The summed E-state index contributed by atoms with van der Waals surface area (Å²) < 4.78 is 7.57. The van der Waals surface area contributed by atoms with Gasteiger partial charge in [0.1, 0.15) is 6.04 Å². The molecule has 1 amide bonds. The van der Waals surface area contributed by atoms with Crippen molar-refractivity contribution in [3.05, 3.63) is 65.1 Å². The number of nitrogens with zero attached hydrogens (tertiary/aromatic N) is 6. The van der Waals surface area contributed by atoms with Gasteiger partial charge >= 0.3 is 11.8 Å². The van der Waals surface area contributed by atoms with Gasteiger partial charge in [-0.25, -0.2) is 9.50 Å². The Morgan fingerprint density at radius 2 is 2.17 bits per heavy atom. The van der Waals surface area contributed by atoms with E-state index in [1.54, 1.807) is 11.2 Å². The second kappa shape index (κ2) is 6.00. The average Bonchev–Trinajstić information content (AvgIpc) is 3.13. The smallest absolute Gasteiger partial charge is 0.312 e. The Labute approximate surface area is 165 Å². The van der Waals surface area contributed by atoms with Gasteiger partial charge in [-0.3, -0.25) is 4.79 Å². The van der Waals surface area contributed by atoms with Gasteiger partial charge in [0.2, 0.25) is 5.89 Å². The van der Waals surface area contributed by atoms with Gasteiger partial charge in [0.05, 0.1) is 23.2 Å². The Morgan fingerprint density at radius 1 is 1.28 bits per heavy atom. The van der Waals surface area contributed by atoms with Gasteiger partial charge in [0.15, 0.2) is 0 Å². The summed E-state index contributed by atoms with van der Waals surface area (Å²) in [7, 11) is 0. The van der Waals surface area contributed by atoms with E-state index in [4.69, 9.17) is 9.52 Å². The lowest BCUT2D eigenvalue weighted by molar-refractivity contribution is 0.0644. The minimum Gasteiger partial charge on any atom is -0.417 e. The highest BCUT2D eigenvalue weighted by Gasteiger charge is 2.39. The number of fused-ring (bicyclic) bond motifs is 2. The number of amides is 1. The highest BCUT2D eigenvalue weighted by atomic mass is 16.4. The highest BCUT2D eigenvalue weighted by Crippen LogP contribution is 2.39. The Hall–Kier alpha value is -3.49. The van der Waals surface area contributed by atoms with Crippen LogP contribution in [-0.4, -0.2) is 47.1 Å². The number of hydrogen-bond donors (Lipinski definition) is 1. The van der Waals surface area contributed by atoms with Crippen molar-refractivity contribution in [1.82, 2.24) is 34.7 Å². The number of imidazole rings is 1. The molecule has 9 nitrogen and oxygen atoms in total. The molecule has 1 fully saturated rings. The molecule has 29 heavy (non-hydrogen) atoms. The first-order chi connectivity index (χ1) is 14.2. The molecule has 6 rings (SSSR count). The van der Waals surface area contributed by atoms with Gasteiger partial charge in [-0.15, -0.1) is 10.2 Å². The van der Waals surface area contributed by atoms with E-state index in [0.717, 1.165) is 41.1 Å². The lowest BCUT2D eigenvalue weighted by Gasteiger charge is -2.32. The van der Waals surface area contributed by atoms with Crippen LogP contribution < -0.4 is 0 Å². The summed E-state index contributed by atoms with van der Waals surface area (Å²) in [6, 6.07) is 7.60. The van der Waals surface area contributed by atoms with Crippen molar-refractivity contribution in [2.75, 3.05) is 6.54 Å². The lowest BCUT2D eigenvalue weighted by Crippen LogP contribution is -2.41. The van der Waals surface area contributed by atoms with Crippen LogP contribution in [0.15, 0.2) is 35.0 Å². The van der Waals surface area contributed by atoms with E-state index < -0.39 is 6.04 Å². The molecule has 1 atom stereocenters. The molecule has 4 aromatic rings. The molecule has 1 aliphatic carbocycles. The zero-order valence-corrected chi connectivity index (χ0v) is 15.9. The minimum atomic E-state index is -0.409. The van der Waals surface area contributed by atoms with Crippen molar-refractivity contribution >= 4 is 11.4 Å². The summed E-state index contributed by atoms with van der Waals surface area (Å²) in [4.78, 5) is 22.8. The number of aromatic nitrogens is 6. The summed E-state index contributed by atoms with van der Waals surface area (Å²) in [5.74, 6) is 0.624. The predicted octanol–water partition coefficient (Wildman–Crippen LogP) is 2.41. The van der Waals surface area contributed by atoms with Gasteiger partial charge < -0.3 is 14.3 Å². The maximum atomic E-state index is 13.3. The zero-order chi connectivity index (χ0) is 19.5. The molecule has 5 heterocycles. The van der Waals surface area contributed by atoms with Crippen LogP contribution in [0.4, 0.5) is 0 Å². The van der Waals surface area contributed by atoms with E-state index in [-0.39, 0.29) is 11.8 Å². The van der Waals surface area contributed by atoms with Crippen LogP contribution in [0.25, 0.3) is 5.52 Å². The molecular formula is C20H19N7O2. The van der Waals surface area contributed by atoms with Gasteiger partial charge in [-0.2, -0.15) is 5.10 Å². The fourth-order valence-corrected chi connectivity index (χ4v) is 4.04. The quantitative estimate of drug-likeness (QED) is 0.577. The fourth-order valence-electron chi connectivity index (χ4n) is 4.04. The first-order valence-electron chi connectivity index (χ1n) is 9.81. The number of hydrogen-bond acceptors (Lipinski definition) is 6. The maximum absolute atomic E-state index is 13.3. The van der Waals surface area contributed by atoms with Crippen molar-refractivity contribution < 1.29 is 9.21 Å². The first kappa shape index (κ1) is 16.5. The fraction of sp³-hybridized carbons (Fsp3) is 0.350. The summed E-state index contributed by atoms with van der Waals surface area (Å²) in [6.45, 7) is 2.53. The van der Waals surface area contributed by atoms with E-state index in [1.807, 2.05) is 35.7 Å². The molecule has 0 bridgehead atoms. The molecule has 0 saturated heterocycles. The summed E-state index contributed by atoms with van der Waals surface area (Å²) in [5.41, 5.74) is 4.60. The number of H-pyrrole nitrogens is 1. The molecule has 0 spiro atoms. The van der Waals surface area contributed by atoms with Crippen LogP contribution in [0.1, 0.15) is 64.2 Å². The SMILES string of the molecule is Cc1cccc2cc([C@@H]3c4nc[nH]c4CCN3C(=O)c3nnc(C4CC4)o3)nn12. The highest BCUT2D eigenvalue weighted by molar-refractivity contribution is 5.90. The van der Waals surface area contributed by atoms with Crippen LogP contribution in [0, 0.1) is 6.92 Å². The Balaban J connectivity index is 1.44. The maximum Gasteiger partial charge on any atom is 0.312 e. The first-order valence-corrected chi connectivity index (χ1v) is 9.81. The van der Waals surface area contributed by atoms with E-state index in [1.165, 1.54) is 0 Å². The average molecular weight is 389 g/mol. The van der Waals surface area contributed by atoms with E-state index in [0.29, 0.717) is 24.8 Å². The third kappa shape index (κ3) is 2.57. The molecule has 9 heteroatoms. The number of carbonyl (C=O) groups excluding carboxylic acids is 1. The van der Waals surface area contributed by atoms with E-state index >= 15 is 0 Å². The van der Waals surface area contributed by atoms with Crippen LogP contribution >= 0.6 is 0 Å². The molecule has 1 aliphatic heterocycles. The Morgan fingerprint density at radius 3 is 3.00 bits per heavy atom. The summed E-state index contributed by atoms with van der Waals surface area (Å²) >= 11 is 0. The normalized spacial score (nSPS) is 18.9. The molecule has 4 aromatic heterocycles. The summed E-state index contributed by atoms with van der Waals surface area (Å²) in [6.07, 6.45) is 4.44. The topological polar surface area (TPSA) is 105 Å². The van der Waals surface area contributed by atoms with Gasteiger partial charge in [-0.1, -0.05) is 6.07 Å². The van der Waals surface area contributed by atoms with Gasteiger partial charge in [0.25, 0.3) is 0 Å². The molecular weight excluding hydrogens is 370 g/mol. The van der Waals surface area contributed by atoms with Crippen molar-refractivity contribution in [2.24, 2.45) is 0 Å². The van der Waals surface area contributed by atoms with E-state index in [2.05, 4.69) is 20.2 Å². The van der Waals surface area contributed by atoms with Crippen LogP contribution in [0.2, 0.25) is 0 Å². The molecule has 0 unspecified atom stereocenters. The Kier molecular flexibility index (Phi) is 3.41. The van der Waals surface area contributed by atoms with Gasteiger partial charge in [0, 0.05) is 30.3 Å². The molecule has 1 saturated carbocycles. The Bertz CT molecular complexity index is 1230. The van der Waals surface area contributed by atoms with Crippen molar-refractivity contribution in [2.45, 2.75) is 38.1 Å². The minimum absolute atomic E-state index is 0.0378. The van der Waals surface area contributed by atoms with Crippen molar-refractivity contribution in [3.63, 3.8) is 0 Å². The number of aryl methyl sites for hydroxylation is 1. The largest absolute Gasteiger partial charge is 0.417 e. The lowest BCUT2D eigenvalue weighted by atomic mass is 9.99. The predicted molar refractivity (Wildman–Crippen MR) is 101 cm³/mol. The number of aromatic amines is 1. The van der Waals surface area contributed by atoms with Gasteiger partial charge in [-0.05, 0) is 38.0 Å². The standard InChI is InChI=1S/C20H19N7O2/c1-11-3-2-4-13-9-15(25-27(11)13)17-16-14(21-10-22-16)7-8-26(17)20(28)19-24-23-18(29-19)12-5-6-12/h2-4,9-10,12,17H,5-8H2,1H3,(H,21,22)/t17-/m1/s1. The number of carbonyl (C=O) groups is 1. The molecule has 2 aliphatic rings. The molecule has 0 aromatic carbocycles. The van der Waals surface area contributed by atoms with E-state index in [9.17, 15) is 4.79 Å².